The van der Waals surface area contributed by atoms with Gasteiger partial charge in [-0.1, -0.05) is 6.07 Å². The predicted octanol–water partition coefficient (Wildman–Crippen LogP) is 1.23. The molecule has 0 saturated carbocycles. The van der Waals surface area contributed by atoms with Crippen LogP contribution < -0.4 is 10.6 Å². The van der Waals surface area contributed by atoms with Gasteiger partial charge in [0.15, 0.2) is 0 Å². The van der Waals surface area contributed by atoms with Gasteiger partial charge >= 0.3 is 6.03 Å². The van der Waals surface area contributed by atoms with Crippen LogP contribution in [-0.2, 0) is 11.3 Å². The summed E-state index contributed by atoms with van der Waals surface area (Å²) < 4.78 is 0. The number of rotatable bonds is 2. The zero-order valence-corrected chi connectivity index (χ0v) is 8.28. The topological polar surface area (TPSA) is 61.4 Å². The second-order valence-electron chi connectivity index (χ2n) is 3.38. The Morgan fingerprint density at radius 1 is 1.53 bits per heavy atom. The summed E-state index contributed by atoms with van der Waals surface area (Å²) in [4.78, 5) is 23.3. The number of hydrogen-bond donors (Lipinski definition) is 2. The van der Waals surface area contributed by atoms with Gasteiger partial charge in [0.05, 0.1) is 6.54 Å². The third-order valence-corrected chi connectivity index (χ3v) is 2.37. The molecule has 2 N–H and O–H groups in total. The Kier molecular flexibility index (Phi) is 2.29. The van der Waals surface area contributed by atoms with Crippen LogP contribution in [0.3, 0.4) is 0 Å². The van der Waals surface area contributed by atoms with Crippen molar-refractivity contribution in [3.8, 4) is 0 Å². The van der Waals surface area contributed by atoms with Crippen molar-refractivity contribution in [1.82, 2.24) is 4.90 Å². The molecule has 0 spiro atoms. The molecule has 1 aromatic rings. The lowest BCUT2D eigenvalue weighted by atomic mass is 10.1. The van der Waals surface area contributed by atoms with Gasteiger partial charge in [-0.15, -0.1) is 0 Å². The van der Waals surface area contributed by atoms with E-state index in [0.29, 0.717) is 13.0 Å². The van der Waals surface area contributed by atoms with Crippen LogP contribution in [0.4, 0.5) is 16.2 Å². The van der Waals surface area contributed by atoms with Gasteiger partial charge in [-0.05, 0) is 12.1 Å². The SMILES string of the molecule is CN1Cc2c(NC=O)cccc2NC1=O. The monoisotopic (exact) mass is 205 g/mol. The van der Waals surface area contributed by atoms with Crippen LogP contribution >= 0.6 is 0 Å². The van der Waals surface area contributed by atoms with E-state index in [1.54, 1.807) is 24.1 Å². The molecule has 1 aliphatic heterocycles. The summed E-state index contributed by atoms with van der Waals surface area (Å²) in [6.45, 7) is 0.498. The van der Waals surface area contributed by atoms with Crippen LogP contribution in [0, 0.1) is 0 Å². The first kappa shape index (κ1) is 9.51. The van der Waals surface area contributed by atoms with E-state index in [9.17, 15) is 9.59 Å². The van der Waals surface area contributed by atoms with Crippen LogP contribution in [0.15, 0.2) is 18.2 Å². The number of fused-ring (bicyclic) bond motifs is 1. The number of benzene rings is 1. The van der Waals surface area contributed by atoms with E-state index in [1.165, 1.54) is 0 Å². The molecule has 78 valence electrons. The van der Waals surface area contributed by atoms with E-state index in [1.807, 2.05) is 6.07 Å². The van der Waals surface area contributed by atoms with Crippen molar-refractivity contribution >= 4 is 23.8 Å². The second kappa shape index (κ2) is 3.61. The maximum Gasteiger partial charge on any atom is 0.321 e. The smallest absolute Gasteiger partial charge is 0.321 e. The number of anilines is 2. The minimum atomic E-state index is -0.134. The Morgan fingerprint density at radius 3 is 3.07 bits per heavy atom. The number of hydrogen-bond acceptors (Lipinski definition) is 2. The maximum atomic E-state index is 11.4. The van der Waals surface area contributed by atoms with Gasteiger partial charge in [0.2, 0.25) is 6.41 Å². The quantitative estimate of drug-likeness (QED) is 0.713. The number of nitrogens with one attached hydrogen (secondary N) is 2. The highest BCUT2D eigenvalue weighted by Crippen LogP contribution is 2.28. The number of carbonyl (C=O) groups excluding carboxylic acids is 2. The zero-order valence-electron chi connectivity index (χ0n) is 8.28. The lowest BCUT2D eigenvalue weighted by Crippen LogP contribution is -2.35. The highest BCUT2D eigenvalue weighted by molar-refractivity contribution is 5.94. The van der Waals surface area contributed by atoms with Gasteiger partial charge < -0.3 is 15.5 Å². The summed E-state index contributed by atoms with van der Waals surface area (Å²) in [6.07, 6.45) is 0.631. The minimum absolute atomic E-state index is 0.134. The molecule has 0 atom stereocenters. The van der Waals surface area contributed by atoms with Crippen molar-refractivity contribution in [3.05, 3.63) is 23.8 Å². The Bertz CT molecular complexity index is 403. The average molecular weight is 205 g/mol. The lowest BCUT2D eigenvalue weighted by molar-refractivity contribution is -0.105. The first-order valence-electron chi connectivity index (χ1n) is 4.56. The molecular weight excluding hydrogens is 194 g/mol. The van der Waals surface area contributed by atoms with Gasteiger partial charge in [0.25, 0.3) is 0 Å². The van der Waals surface area contributed by atoms with Gasteiger partial charge in [-0.2, -0.15) is 0 Å². The van der Waals surface area contributed by atoms with E-state index in [0.717, 1.165) is 16.9 Å². The fourth-order valence-corrected chi connectivity index (χ4v) is 1.59. The van der Waals surface area contributed by atoms with Crippen LogP contribution in [0.2, 0.25) is 0 Å². The molecule has 0 unspecified atom stereocenters. The van der Waals surface area contributed by atoms with E-state index in [-0.39, 0.29) is 6.03 Å². The van der Waals surface area contributed by atoms with E-state index in [2.05, 4.69) is 10.6 Å². The highest BCUT2D eigenvalue weighted by atomic mass is 16.2. The molecule has 0 aliphatic carbocycles. The molecule has 1 heterocycles. The molecule has 0 aromatic heterocycles. The molecule has 3 amide bonds. The normalized spacial score (nSPS) is 14.2. The van der Waals surface area contributed by atoms with Crippen molar-refractivity contribution in [2.24, 2.45) is 0 Å². The average Bonchev–Trinajstić information content (AvgIpc) is 2.21. The minimum Gasteiger partial charge on any atom is -0.328 e. The number of urea groups is 1. The lowest BCUT2D eigenvalue weighted by Gasteiger charge is -2.27. The molecule has 5 heteroatoms. The Hall–Kier alpha value is -2.04. The van der Waals surface area contributed by atoms with Crippen LogP contribution in [-0.4, -0.2) is 24.4 Å². The Labute approximate surface area is 87.1 Å². The maximum absolute atomic E-state index is 11.4. The number of amides is 3. The summed E-state index contributed by atoms with van der Waals surface area (Å²) in [5, 5.41) is 5.35. The summed E-state index contributed by atoms with van der Waals surface area (Å²) in [7, 11) is 1.70. The highest BCUT2D eigenvalue weighted by Gasteiger charge is 2.21. The van der Waals surface area contributed by atoms with E-state index >= 15 is 0 Å². The van der Waals surface area contributed by atoms with Crippen molar-refractivity contribution in [3.63, 3.8) is 0 Å². The van der Waals surface area contributed by atoms with Gasteiger partial charge in [0, 0.05) is 24.0 Å². The fraction of sp³-hybridized carbons (Fsp3) is 0.200. The van der Waals surface area contributed by atoms with Crippen molar-refractivity contribution in [2.45, 2.75) is 6.54 Å². The van der Waals surface area contributed by atoms with E-state index < -0.39 is 0 Å². The summed E-state index contributed by atoms with van der Waals surface area (Å²) >= 11 is 0. The summed E-state index contributed by atoms with van der Waals surface area (Å²) in [5.74, 6) is 0. The first-order chi connectivity index (χ1) is 7.22. The van der Waals surface area contributed by atoms with Gasteiger partial charge in [0.1, 0.15) is 0 Å². The van der Waals surface area contributed by atoms with Gasteiger partial charge in [-0.25, -0.2) is 4.79 Å². The zero-order chi connectivity index (χ0) is 10.8. The number of carbonyl (C=O) groups is 2. The fourth-order valence-electron chi connectivity index (χ4n) is 1.59. The molecule has 0 fully saturated rings. The number of nitrogens with zero attached hydrogens (tertiary/aromatic N) is 1. The van der Waals surface area contributed by atoms with Crippen LogP contribution in [0.1, 0.15) is 5.56 Å². The molecule has 2 rings (SSSR count). The predicted molar refractivity (Wildman–Crippen MR) is 56.6 cm³/mol. The summed E-state index contributed by atoms with van der Waals surface area (Å²) in [5.41, 5.74) is 2.41. The molecular formula is C10H11N3O2. The Balaban J connectivity index is 2.42. The molecule has 0 radical (unpaired) electrons. The third-order valence-electron chi connectivity index (χ3n) is 2.37. The molecule has 0 bridgehead atoms. The van der Waals surface area contributed by atoms with Crippen LogP contribution in [0.25, 0.3) is 0 Å². The largest absolute Gasteiger partial charge is 0.328 e. The third kappa shape index (κ3) is 1.63. The molecule has 1 aromatic carbocycles. The Morgan fingerprint density at radius 2 is 2.33 bits per heavy atom. The van der Waals surface area contributed by atoms with Crippen molar-refractivity contribution < 1.29 is 9.59 Å². The first-order valence-corrected chi connectivity index (χ1v) is 4.56. The second-order valence-corrected chi connectivity index (χ2v) is 3.38. The van der Waals surface area contributed by atoms with Gasteiger partial charge in [-0.3, -0.25) is 4.79 Å². The van der Waals surface area contributed by atoms with Crippen molar-refractivity contribution in [1.29, 1.82) is 0 Å². The van der Waals surface area contributed by atoms with E-state index in [4.69, 9.17) is 0 Å². The van der Waals surface area contributed by atoms with Crippen LogP contribution in [0.5, 0.6) is 0 Å². The summed E-state index contributed by atoms with van der Waals surface area (Å²) in [6, 6.07) is 5.27. The standard InChI is InChI=1S/C10H11N3O2/c1-13-5-7-8(11-6-14)3-2-4-9(7)12-10(13)15/h2-4,6H,5H2,1H3,(H,11,14)(H,12,15). The molecule has 1 aliphatic rings. The molecule has 0 saturated heterocycles. The van der Waals surface area contributed by atoms with Crippen molar-refractivity contribution in [2.75, 3.05) is 17.7 Å². The molecule has 15 heavy (non-hydrogen) atoms. The molecule has 5 nitrogen and oxygen atoms in total.